The third kappa shape index (κ3) is 3.63. The molecular weight excluding hydrogens is 270 g/mol. The minimum absolute atomic E-state index is 0.0345. The van der Waals surface area contributed by atoms with E-state index in [-0.39, 0.29) is 30.0 Å². The number of sulfone groups is 1. The van der Waals surface area contributed by atoms with Gasteiger partial charge in [0.05, 0.1) is 18.1 Å². The van der Waals surface area contributed by atoms with E-state index in [0.29, 0.717) is 12.2 Å². The molecule has 0 aliphatic carbocycles. The van der Waals surface area contributed by atoms with Crippen LogP contribution in [0.3, 0.4) is 0 Å². The molecule has 0 amide bonds. The molecule has 1 atom stereocenters. The van der Waals surface area contributed by atoms with Gasteiger partial charge in [-0.3, -0.25) is 0 Å². The first kappa shape index (κ1) is 13.7. The average molecular weight is 285 g/mol. The fraction of sp³-hybridized carbons (Fsp3) is 0.545. The van der Waals surface area contributed by atoms with Crippen molar-refractivity contribution in [2.24, 2.45) is 0 Å². The van der Waals surface area contributed by atoms with Gasteiger partial charge in [-0.05, 0) is 19.4 Å². The van der Waals surface area contributed by atoms with E-state index in [1.54, 1.807) is 13.0 Å². The fourth-order valence-electron chi connectivity index (χ4n) is 1.85. The van der Waals surface area contributed by atoms with Crippen molar-refractivity contribution < 1.29 is 17.9 Å². The summed E-state index contributed by atoms with van der Waals surface area (Å²) in [5.74, 6) is 0.0738. The summed E-state index contributed by atoms with van der Waals surface area (Å²) in [4.78, 5) is 19.3. The van der Waals surface area contributed by atoms with Crippen molar-refractivity contribution in [2.45, 2.75) is 19.4 Å². The van der Waals surface area contributed by atoms with Crippen molar-refractivity contribution in [2.75, 3.05) is 23.4 Å². The van der Waals surface area contributed by atoms with Crippen molar-refractivity contribution in [3.8, 4) is 0 Å². The molecule has 0 saturated carbocycles. The minimum Gasteiger partial charge on any atom is -0.460 e. The van der Waals surface area contributed by atoms with Gasteiger partial charge in [-0.25, -0.2) is 23.2 Å². The molecule has 1 aliphatic heterocycles. The number of hydrogen-bond donors (Lipinski definition) is 1. The summed E-state index contributed by atoms with van der Waals surface area (Å²) in [6.07, 6.45) is 1.98. The zero-order chi connectivity index (χ0) is 13.9. The molecule has 1 aromatic rings. The van der Waals surface area contributed by atoms with Crippen LogP contribution in [-0.2, 0) is 14.6 Å². The lowest BCUT2D eigenvalue weighted by molar-refractivity contribution is 0.0512. The summed E-state index contributed by atoms with van der Waals surface area (Å²) in [6, 6.07) is 1.42. The summed E-state index contributed by atoms with van der Waals surface area (Å²) in [5.41, 5.74) is 0. The van der Waals surface area contributed by atoms with E-state index in [2.05, 4.69) is 15.3 Å². The van der Waals surface area contributed by atoms with Crippen LogP contribution in [0.2, 0.25) is 0 Å². The van der Waals surface area contributed by atoms with Crippen molar-refractivity contribution in [1.29, 1.82) is 0 Å². The standard InChI is InChI=1S/C11H15N3O4S/c1-2-18-11(15)10-12-5-3-9(14-10)13-8-4-6-19(16,17)7-8/h3,5,8H,2,4,6-7H2,1H3,(H,12,13,14). The number of esters is 1. The molecule has 2 heterocycles. The summed E-state index contributed by atoms with van der Waals surface area (Å²) >= 11 is 0. The van der Waals surface area contributed by atoms with Crippen LogP contribution in [0.25, 0.3) is 0 Å². The number of carbonyl (C=O) groups is 1. The Labute approximate surface area is 111 Å². The lowest BCUT2D eigenvalue weighted by Gasteiger charge is -2.11. The SMILES string of the molecule is CCOC(=O)c1nccc(NC2CCS(=O)(=O)C2)n1. The van der Waals surface area contributed by atoms with Gasteiger partial charge in [0.15, 0.2) is 9.84 Å². The molecule has 1 fully saturated rings. The fourth-order valence-corrected chi connectivity index (χ4v) is 3.52. The molecule has 1 unspecified atom stereocenters. The largest absolute Gasteiger partial charge is 0.460 e. The van der Waals surface area contributed by atoms with Crippen molar-refractivity contribution in [3.63, 3.8) is 0 Å². The molecule has 0 radical (unpaired) electrons. The molecule has 0 aromatic carbocycles. The molecule has 2 rings (SSSR count). The Kier molecular flexibility index (Phi) is 3.98. The first-order valence-electron chi connectivity index (χ1n) is 5.97. The van der Waals surface area contributed by atoms with Gasteiger partial charge in [-0.2, -0.15) is 0 Å². The highest BCUT2D eigenvalue weighted by molar-refractivity contribution is 7.91. The summed E-state index contributed by atoms with van der Waals surface area (Å²) in [7, 11) is -2.95. The van der Waals surface area contributed by atoms with Crippen molar-refractivity contribution in [1.82, 2.24) is 9.97 Å². The van der Waals surface area contributed by atoms with Gasteiger partial charge >= 0.3 is 5.97 Å². The second kappa shape index (κ2) is 5.52. The highest BCUT2D eigenvalue weighted by Crippen LogP contribution is 2.16. The second-order valence-electron chi connectivity index (χ2n) is 4.23. The topological polar surface area (TPSA) is 98.2 Å². The Balaban J connectivity index is 2.05. The molecule has 7 nitrogen and oxygen atoms in total. The first-order valence-corrected chi connectivity index (χ1v) is 7.79. The van der Waals surface area contributed by atoms with Crippen LogP contribution in [0, 0.1) is 0 Å². The lowest BCUT2D eigenvalue weighted by atomic mass is 10.2. The molecule has 1 aromatic heterocycles. The van der Waals surface area contributed by atoms with E-state index in [4.69, 9.17) is 4.74 Å². The highest BCUT2D eigenvalue weighted by Gasteiger charge is 2.28. The normalized spacial score (nSPS) is 21.0. The predicted octanol–water partition coefficient (Wildman–Crippen LogP) is 0.252. The monoisotopic (exact) mass is 285 g/mol. The molecule has 1 saturated heterocycles. The van der Waals surface area contributed by atoms with E-state index in [0.717, 1.165) is 0 Å². The van der Waals surface area contributed by atoms with Gasteiger partial charge in [0.25, 0.3) is 0 Å². The van der Waals surface area contributed by atoms with Crippen LogP contribution in [0.15, 0.2) is 12.3 Å². The number of anilines is 1. The average Bonchev–Trinajstić information content (AvgIpc) is 2.69. The summed E-state index contributed by atoms with van der Waals surface area (Å²) in [6.45, 7) is 1.95. The zero-order valence-electron chi connectivity index (χ0n) is 10.5. The van der Waals surface area contributed by atoms with Gasteiger partial charge in [0.2, 0.25) is 5.82 Å². The zero-order valence-corrected chi connectivity index (χ0v) is 11.3. The van der Waals surface area contributed by atoms with Gasteiger partial charge in [0.1, 0.15) is 5.82 Å². The van der Waals surface area contributed by atoms with Crippen LogP contribution in [0.4, 0.5) is 5.82 Å². The van der Waals surface area contributed by atoms with Crippen LogP contribution in [0.1, 0.15) is 24.0 Å². The van der Waals surface area contributed by atoms with E-state index in [1.165, 1.54) is 6.20 Å². The first-order chi connectivity index (χ1) is 9.00. The summed E-state index contributed by atoms with van der Waals surface area (Å²) < 4.78 is 27.5. The number of aromatic nitrogens is 2. The predicted molar refractivity (Wildman–Crippen MR) is 68.7 cm³/mol. The number of nitrogens with zero attached hydrogens (tertiary/aromatic N) is 2. The van der Waals surface area contributed by atoms with Gasteiger partial charge in [-0.15, -0.1) is 0 Å². The van der Waals surface area contributed by atoms with Crippen LogP contribution < -0.4 is 5.32 Å². The van der Waals surface area contributed by atoms with Crippen molar-refractivity contribution >= 4 is 21.6 Å². The number of carbonyl (C=O) groups excluding carboxylic acids is 1. The van der Waals surface area contributed by atoms with Gasteiger partial charge < -0.3 is 10.1 Å². The third-order valence-electron chi connectivity index (χ3n) is 2.70. The van der Waals surface area contributed by atoms with Crippen LogP contribution in [0.5, 0.6) is 0 Å². The van der Waals surface area contributed by atoms with E-state index >= 15 is 0 Å². The quantitative estimate of drug-likeness (QED) is 0.792. The Morgan fingerprint density at radius 2 is 2.37 bits per heavy atom. The van der Waals surface area contributed by atoms with Gasteiger partial charge in [0, 0.05) is 12.2 Å². The Morgan fingerprint density at radius 3 is 3.00 bits per heavy atom. The Hall–Kier alpha value is -1.70. The second-order valence-corrected chi connectivity index (χ2v) is 6.46. The molecule has 0 bridgehead atoms. The smallest absolute Gasteiger partial charge is 0.376 e. The molecule has 1 N–H and O–H groups in total. The van der Waals surface area contributed by atoms with Crippen LogP contribution in [-0.4, -0.2) is 48.5 Å². The minimum atomic E-state index is -2.95. The number of rotatable bonds is 4. The molecule has 104 valence electrons. The Morgan fingerprint density at radius 1 is 1.58 bits per heavy atom. The summed E-state index contributed by atoms with van der Waals surface area (Å²) in [5, 5.41) is 3.00. The van der Waals surface area contributed by atoms with E-state index < -0.39 is 15.8 Å². The number of ether oxygens (including phenoxy) is 1. The maximum Gasteiger partial charge on any atom is 0.376 e. The van der Waals surface area contributed by atoms with E-state index in [1.807, 2.05) is 0 Å². The molecule has 0 spiro atoms. The van der Waals surface area contributed by atoms with Crippen LogP contribution >= 0.6 is 0 Å². The Bertz CT molecular complexity index is 573. The maximum absolute atomic E-state index is 11.5. The molecular formula is C11H15N3O4S. The number of hydrogen-bond acceptors (Lipinski definition) is 7. The third-order valence-corrected chi connectivity index (χ3v) is 4.47. The maximum atomic E-state index is 11.5. The molecule has 8 heteroatoms. The van der Waals surface area contributed by atoms with Crippen molar-refractivity contribution in [3.05, 3.63) is 18.1 Å². The van der Waals surface area contributed by atoms with E-state index in [9.17, 15) is 13.2 Å². The number of nitrogens with one attached hydrogen (secondary N) is 1. The van der Waals surface area contributed by atoms with Gasteiger partial charge in [-0.1, -0.05) is 0 Å². The molecule has 1 aliphatic rings. The lowest BCUT2D eigenvalue weighted by Crippen LogP contribution is -2.22. The molecule has 19 heavy (non-hydrogen) atoms. The highest BCUT2D eigenvalue weighted by atomic mass is 32.2.